The summed E-state index contributed by atoms with van der Waals surface area (Å²) >= 11 is 0. The van der Waals surface area contributed by atoms with Gasteiger partial charge in [-0.1, -0.05) is 0 Å². The summed E-state index contributed by atoms with van der Waals surface area (Å²) in [5.41, 5.74) is 4.02. The summed E-state index contributed by atoms with van der Waals surface area (Å²) in [7, 11) is 0. The smallest absolute Gasteiger partial charge is 0.332 e. The van der Waals surface area contributed by atoms with Gasteiger partial charge in [0.05, 0.1) is 0 Å². The van der Waals surface area contributed by atoms with Gasteiger partial charge in [-0.3, -0.25) is 0 Å². The number of halogens is 2. The molecule has 0 fully saturated rings. The molecule has 0 unspecified atom stereocenters. The average molecular weight is 120 g/mol. The Morgan fingerprint density at radius 3 is 2.25 bits per heavy atom. The average Bonchev–Trinajstić information content (AvgIpc) is 1.98. The van der Waals surface area contributed by atoms with Crippen molar-refractivity contribution in [3.05, 3.63) is 12.0 Å². The van der Waals surface area contributed by atoms with Crippen LogP contribution < -0.4 is 5.73 Å². The second-order valence-electron chi connectivity index (χ2n) is 1.16. The molecule has 1 heterocycles. The Morgan fingerprint density at radius 1 is 1.50 bits per heavy atom. The Balaban J connectivity index is 3.19. The van der Waals surface area contributed by atoms with Gasteiger partial charge in [-0.25, -0.2) is 0 Å². The Bertz CT molecular complexity index is 178. The van der Waals surface area contributed by atoms with Crippen LogP contribution >= 0.6 is 0 Å². The number of nitrogens with zero attached hydrogens (tertiary/aromatic N) is 1. The van der Waals surface area contributed by atoms with Gasteiger partial charge in [-0.15, -0.1) is 0 Å². The third-order valence-electron chi connectivity index (χ3n) is 0.640. The summed E-state index contributed by atoms with van der Waals surface area (Å²) in [6.45, 7) is 0. The highest BCUT2D eigenvalue weighted by Gasteiger charge is 2.09. The molecule has 0 aliphatic carbocycles. The lowest BCUT2D eigenvalue weighted by Crippen LogP contribution is -1.87. The Kier molecular flexibility index (Phi) is 0.896. The predicted octanol–water partition coefficient (Wildman–Crippen LogP) is 0.535. The molecule has 0 aliphatic rings. The topological polar surface area (TPSA) is 52.0 Å². The van der Waals surface area contributed by atoms with E-state index in [1.165, 1.54) is 0 Å². The first-order chi connectivity index (χ1) is 3.72. The van der Waals surface area contributed by atoms with Crippen LogP contribution in [0.3, 0.4) is 0 Å². The maximum atomic E-state index is 11.8. The maximum Gasteiger partial charge on any atom is 0.332 e. The largest absolute Gasteiger partial charge is 0.390 e. The SMILES string of the molecule is Nc1c(F)noc1F. The molecule has 0 saturated carbocycles. The third-order valence-corrected chi connectivity index (χ3v) is 0.640. The van der Waals surface area contributed by atoms with Crippen molar-refractivity contribution in [3.8, 4) is 0 Å². The molecule has 0 saturated heterocycles. The number of rotatable bonds is 0. The zero-order chi connectivity index (χ0) is 6.15. The molecule has 0 radical (unpaired) electrons. The van der Waals surface area contributed by atoms with Crippen LogP contribution in [0.5, 0.6) is 0 Å². The van der Waals surface area contributed by atoms with Crippen molar-refractivity contribution in [1.29, 1.82) is 0 Å². The third kappa shape index (κ3) is 0.518. The van der Waals surface area contributed by atoms with Crippen LogP contribution in [0.15, 0.2) is 4.52 Å². The molecule has 1 rings (SSSR count). The van der Waals surface area contributed by atoms with Gasteiger partial charge in [0.2, 0.25) is 0 Å². The van der Waals surface area contributed by atoms with Crippen molar-refractivity contribution < 1.29 is 13.3 Å². The fraction of sp³-hybridized carbons (Fsp3) is 0. The van der Waals surface area contributed by atoms with E-state index in [0.717, 1.165) is 0 Å². The van der Waals surface area contributed by atoms with Crippen molar-refractivity contribution in [2.45, 2.75) is 0 Å². The minimum Gasteiger partial charge on any atom is -0.390 e. The Labute approximate surface area is 43.1 Å². The highest BCUT2D eigenvalue weighted by atomic mass is 19.1. The van der Waals surface area contributed by atoms with Crippen LogP contribution in [0.1, 0.15) is 0 Å². The van der Waals surface area contributed by atoms with Crippen molar-refractivity contribution in [2.75, 3.05) is 5.73 Å². The molecule has 0 aromatic carbocycles. The normalized spacial score (nSPS) is 9.75. The highest BCUT2D eigenvalue weighted by molar-refractivity contribution is 5.32. The summed E-state index contributed by atoms with van der Waals surface area (Å²) in [4.78, 5) is 0. The molecule has 0 aliphatic heterocycles. The zero-order valence-corrected chi connectivity index (χ0v) is 3.69. The van der Waals surface area contributed by atoms with Crippen molar-refractivity contribution >= 4 is 5.69 Å². The molecule has 3 nitrogen and oxygen atoms in total. The first kappa shape index (κ1) is 5.02. The molecular weight excluding hydrogens is 118 g/mol. The van der Waals surface area contributed by atoms with E-state index in [2.05, 4.69) is 9.68 Å². The molecule has 0 amide bonds. The summed E-state index contributed by atoms with van der Waals surface area (Å²) in [6.07, 6.45) is 0. The van der Waals surface area contributed by atoms with Gasteiger partial charge in [0, 0.05) is 0 Å². The molecule has 5 heteroatoms. The van der Waals surface area contributed by atoms with Crippen LogP contribution in [-0.4, -0.2) is 5.16 Å². The van der Waals surface area contributed by atoms with Gasteiger partial charge in [0.15, 0.2) is 5.69 Å². The monoisotopic (exact) mass is 120 g/mol. The van der Waals surface area contributed by atoms with E-state index in [-0.39, 0.29) is 0 Å². The van der Waals surface area contributed by atoms with E-state index in [0.29, 0.717) is 0 Å². The molecule has 44 valence electrons. The minimum absolute atomic E-state index is 0.676. The fourth-order valence-electron chi connectivity index (χ4n) is 0.260. The molecule has 1 aromatic heterocycles. The highest BCUT2D eigenvalue weighted by Crippen LogP contribution is 2.10. The minimum atomic E-state index is -1.18. The standard InChI is InChI=1S/C3H2F2N2O/c4-2-1(6)3(5)8-7-2/h6H2. The van der Waals surface area contributed by atoms with Crippen molar-refractivity contribution in [2.24, 2.45) is 0 Å². The van der Waals surface area contributed by atoms with Crippen LogP contribution in [0.4, 0.5) is 14.5 Å². The lowest BCUT2D eigenvalue weighted by atomic mass is 10.6. The summed E-state index contributed by atoms with van der Waals surface area (Å²) < 4.78 is 27.2. The quantitative estimate of drug-likeness (QED) is 0.543. The summed E-state index contributed by atoms with van der Waals surface area (Å²) in [6, 6.07) is -1.18. The number of nitrogens with two attached hydrogens (primary N) is 1. The van der Waals surface area contributed by atoms with Crippen LogP contribution in [0.2, 0.25) is 0 Å². The summed E-state index contributed by atoms with van der Waals surface area (Å²) in [5.74, 6) is -1.11. The molecule has 0 atom stereocenters. The van der Waals surface area contributed by atoms with E-state index in [9.17, 15) is 8.78 Å². The zero-order valence-electron chi connectivity index (χ0n) is 3.69. The van der Waals surface area contributed by atoms with E-state index < -0.39 is 17.6 Å². The van der Waals surface area contributed by atoms with E-state index in [1.54, 1.807) is 0 Å². The van der Waals surface area contributed by atoms with Crippen LogP contribution in [-0.2, 0) is 0 Å². The van der Waals surface area contributed by atoms with Gasteiger partial charge in [-0.05, 0) is 5.16 Å². The van der Waals surface area contributed by atoms with E-state index in [4.69, 9.17) is 5.73 Å². The number of hydrogen-bond donors (Lipinski definition) is 1. The number of nitrogen functional groups attached to an aromatic ring is 1. The Morgan fingerprint density at radius 2 is 2.12 bits per heavy atom. The molecule has 2 N–H and O–H groups in total. The first-order valence-corrected chi connectivity index (χ1v) is 1.78. The predicted molar refractivity (Wildman–Crippen MR) is 20.8 cm³/mol. The van der Waals surface area contributed by atoms with Gasteiger partial charge in [-0.2, -0.15) is 8.78 Å². The lowest BCUT2D eigenvalue weighted by molar-refractivity contribution is 0.270. The van der Waals surface area contributed by atoms with Gasteiger partial charge < -0.3 is 10.3 Å². The molecule has 0 bridgehead atoms. The fourth-order valence-corrected chi connectivity index (χ4v) is 0.260. The van der Waals surface area contributed by atoms with Crippen LogP contribution in [0, 0.1) is 12.0 Å². The van der Waals surface area contributed by atoms with E-state index >= 15 is 0 Å². The number of anilines is 1. The van der Waals surface area contributed by atoms with Gasteiger partial charge in [0.25, 0.3) is 5.95 Å². The summed E-state index contributed by atoms with van der Waals surface area (Å²) in [5, 5.41) is 2.57. The Hall–Kier alpha value is -1.13. The molecule has 8 heavy (non-hydrogen) atoms. The number of aromatic nitrogens is 1. The van der Waals surface area contributed by atoms with Gasteiger partial charge in [0.1, 0.15) is 0 Å². The van der Waals surface area contributed by atoms with Crippen molar-refractivity contribution in [3.63, 3.8) is 0 Å². The maximum absolute atomic E-state index is 11.8. The molecular formula is C3H2F2N2O. The lowest BCUT2D eigenvalue weighted by Gasteiger charge is -1.75. The molecule has 1 aromatic rings. The first-order valence-electron chi connectivity index (χ1n) is 1.78. The number of hydrogen-bond acceptors (Lipinski definition) is 3. The van der Waals surface area contributed by atoms with E-state index in [1.807, 2.05) is 0 Å². The second kappa shape index (κ2) is 1.43. The molecule has 0 spiro atoms. The second-order valence-corrected chi connectivity index (χ2v) is 1.16. The van der Waals surface area contributed by atoms with Crippen molar-refractivity contribution in [1.82, 2.24) is 5.16 Å². The van der Waals surface area contributed by atoms with Crippen LogP contribution in [0.25, 0.3) is 0 Å². The van der Waals surface area contributed by atoms with Gasteiger partial charge >= 0.3 is 6.01 Å².